The van der Waals surface area contributed by atoms with Gasteiger partial charge >= 0.3 is 11.9 Å². The van der Waals surface area contributed by atoms with E-state index in [4.69, 9.17) is 14.2 Å². The summed E-state index contributed by atoms with van der Waals surface area (Å²) < 4.78 is 18.0. The van der Waals surface area contributed by atoms with Crippen LogP contribution in [-0.2, 0) is 6.61 Å². The molecule has 3 aromatic rings. The molecule has 2 N–H and O–H groups in total. The molecule has 0 saturated heterocycles. The third-order valence-corrected chi connectivity index (χ3v) is 5.52. The van der Waals surface area contributed by atoms with Crippen molar-refractivity contribution in [3.8, 4) is 28.4 Å². The van der Waals surface area contributed by atoms with E-state index in [1.807, 2.05) is 58.0 Å². The van der Waals surface area contributed by atoms with Gasteiger partial charge in [0.1, 0.15) is 25.6 Å². The van der Waals surface area contributed by atoms with Crippen LogP contribution in [0.2, 0.25) is 0 Å². The van der Waals surface area contributed by atoms with Gasteiger partial charge in [-0.05, 0) is 87.4 Å². The van der Waals surface area contributed by atoms with Crippen molar-refractivity contribution in [2.24, 2.45) is 0 Å². The fourth-order valence-electron chi connectivity index (χ4n) is 3.57. The van der Waals surface area contributed by atoms with Gasteiger partial charge in [0, 0.05) is 5.56 Å². The van der Waals surface area contributed by atoms with Crippen molar-refractivity contribution < 1.29 is 34.0 Å². The Balaban J connectivity index is 1.92. The predicted octanol–water partition coefficient (Wildman–Crippen LogP) is 7.02. The molecule has 0 radical (unpaired) electrons. The molecule has 0 aliphatic rings. The largest absolute Gasteiger partial charge is 0.488 e. The fraction of sp³-hybridized carbons (Fsp3) is 0.226. The summed E-state index contributed by atoms with van der Waals surface area (Å²) in [4.78, 5) is 23.5. The molecule has 0 spiro atoms. The third-order valence-electron chi connectivity index (χ3n) is 5.52. The zero-order valence-corrected chi connectivity index (χ0v) is 22.0. The summed E-state index contributed by atoms with van der Waals surface area (Å²) in [7, 11) is 0. The Kier molecular flexibility index (Phi) is 9.71. The highest BCUT2D eigenvalue weighted by molar-refractivity contribution is 5.99. The molecule has 3 rings (SSSR count). The molecule has 0 fully saturated rings. The van der Waals surface area contributed by atoms with Crippen molar-refractivity contribution in [3.63, 3.8) is 0 Å². The molecule has 0 aliphatic heterocycles. The van der Waals surface area contributed by atoms with Crippen LogP contribution in [-0.4, -0.2) is 35.4 Å². The van der Waals surface area contributed by atoms with Crippen LogP contribution in [0, 0.1) is 0 Å². The molecular formula is C31H32O7. The van der Waals surface area contributed by atoms with Gasteiger partial charge in [-0.25, -0.2) is 9.59 Å². The first-order valence-corrected chi connectivity index (χ1v) is 12.1. The second kappa shape index (κ2) is 13.1. The van der Waals surface area contributed by atoms with Gasteiger partial charge in [-0.3, -0.25) is 0 Å². The number of aromatic carboxylic acids is 2. The van der Waals surface area contributed by atoms with Crippen molar-refractivity contribution in [2.75, 3.05) is 13.2 Å². The van der Waals surface area contributed by atoms with Crippen LogP contribution >= 0.6 is 0 Å². The number of carboxylic acids is 2. The van der Waals surface area contributed by atoms with Gasteiger partial charge in [-0.1, -0.05) is 35.4 Å². The van der Waals surface area contributed by atoms with E-state index in [9.17, 15) is 19.8 Å². The Morgan fingerprint density at radius 3 is 2.00 bits per heavy atom. The number of allylic oxidation sites excluding steroid dienone is 2. The number of ether oxygens (including phenoxy) is 3. The Morgan fingerprint density at radius 1 is 0.711 bits per heavy atom. The first-order valence-electron chi connectivity index (χ1n) is 12.1. The molecule has 0 amide bonds. The first-order chi connectivity index (χ1) is 18.2. The monoisotopic (exact) mass is 516 g/mol. The molecule has 0 heterocycles. The molecule has 0 atom stereocenters. The standard InChI is InChI=1S/C31H32O7/c1-20(2)13-15-36-26-12-11-22(17-28(26)37-16-14-21(3)4)19-38-27-10-6-9-25(31(34)35)29(27)23-7-5-8-24(18-23)30(32)33/h5-14,17-18H,15-16,19H2,1-4H3,(H,32,33)(H,34,35). The highest BCUT2D eigenvalue weighted by Crippen LogP contribution is 2.35. The first kappa shape index (κ1) is 28.1. The number of carboxylic acid groups (broad SMARTS) is 2. The quantitative estimate of drug-likeness (QED) is 0.249. The van der Waals surface area contributed by atoms with E-state index in [0.717, 1.165) is 16.7 Å². The normalized spacial score (nSPS) is 10.3. The average Bonchev–Trinajstić information content (AvgIpc) is 2.87. The van der Waals surface area contributed by atoms with E-state index in [2.05, 4.69) is 0 Å². The highest BCUT2D eigenvalue weighted by atomic mass is 16.5. The lowest BCUT2D eigenvalue weighted by Crippen LogP contribution is -2.05. The van der Waals surface area contributed by atoms with Crippen molar-refractivity contribution in [1.29, 1.82) is 0 Å². The lowest BCUT2D eigenvalue weighted by Gasteiger charge is -2.16. The van der Waals surface area contributed by atoms with Gasteiger partial charge in [0.2, 0.25) is 0 Å². The van der Waals surface area contributed by atoms with Crippen LogP contribution in [0.15, 0.2) is 84.0 Å². The molecule has 0 aromatic heterocycles. The van der Waals surface area contributed by atoms with Crippen LogP contribution in [0.4, 0.5) is 0 Å². The average molecular weight is 517 g/mol. The van der Waals surface area contributed by atoms with Crippen molar-refractivity contribution >= 4 is 11.9 Å². The summed E-state index contributed by atoms with van der Waals surface area (Å²) >= 11 is 0. The molecule has 7 heteroatoms. The predicted molar refractivity (Wildman–Crippen MR) is 146 cm³/mol. The summed E-state index contributed by atoms with van der Waals surface area (Å²) in [5.41, 5.74) is 3.88. The topological polar surface area (TPSA) is 102 Å². The molecule has 3 aromatic carbocycles. The fourth-order valence-corrected chi connectivity index (χ4v) is 3.57. The lowest BCUT2D eigenvalue weighted by atomic mass is 9.97. The maximum Gasteiger partial charge on any atom is 0.336 e. The Bertz CT molecular complexity index is 1360. The highest BCUT2D eigenvalue weighted by Gasteiger charge is 2.18. The summed E-state index contributed by atoms with van der Waals surface area (Å²) in [5.74, 6) is -0.746. The van der Waals surface area contributed by atoms with Crippen LogP contribution < -0.4 is 14.2 Å². The summed E-state index contributed by atoms with van der Waals surface area (Å²) in [5, 5.41) is 19.2. The van der Waals surface area contributed by atoms with Crippen LogP contribution in [0.25, 0.3) is 11.1 Å². The van der Waals surface area contributed by atoms with Crippen LogP contribution in [0.3, 0.4) is 0 Å². The maximum absolute atomic E-state index is 12.0. The number of benzene rings is 3. The smallest absolute Gasteiger partial charge is 0.336 e. The Hall–Kier alpha value is -4.52. The molecule has 38 heavy (non-hydrogen) atoms. The molecule has 0 saturated carbocycles. The van der Waals surface area contributed by atoms with E-state index in [1.54, 1.807) is 24.3 Å². The minimum Gasteiger partial charge on any atom is -0.488 e. The second-order valence-electron chi connectivity index (χ2n) is 9.12. The zero-order valence-electron chi connectivity index (χ0n) is 22.0. The van der Waals surface area contributed by atoms with E-state index in [1.165, 1.54) is 18.2 Å². The molecule has 7 nitrogen and oxygen atoms in total. The van der Waals surface area contributed by atoms with E-state index in [0.29, 0.717) is 41.6 Å². The van der Waals surface area contributed by atoms with E-state index >= 15 is 0 Å². The molecule has 0 aliphatic carbocycles. The minimum absolute atomic E-state index is 0.0128. The van der Waals surface area contributed by atoms with E-state index in [-0.39, 0.29) is 17.7 Å². The third kappa shape index (κ3) is 7.74. The number of carbonyl (C=O) groups is 2. The SMILES string of the molecule is CC(C)=CCOc1ccc(COc2cccc(C(=O)O)c2-c2cccc(C(=O)O)c2)cc1OCC=C(C)C. The molecular weight excluding hydrogens is 484 g/mol. The number of rotatable bonds is 12. The van der Waals surface area contributed by atoms with Gasteiger partial charge in [0.25, 0.3) is 0 Å². The minimum atomic E-state index is -1.14. The lowest BCUT2D eigenvalue weighted by molar-refractivity contribution is 0.0687. The maximum atomic E-state index is 12.0. The van der Waals surface area contributed by atoms with Crippen molar-refractivity contribution in [2.45, 2.75) is 34.3 Å². The summed E-state index contributed by atoms with van der Waals surface area (Å²) in [6.45, 7) is 8.92. The molecule has 0 bridgehead atoms. The van der Waals surface area contributed by atoms with Crippen molar-refractivity contribution in [1.82, 2.24) is 0 Å². The van der Waals surface area contributed by atoms with Crippen LogP contribution in [0.1, 0.15) is 54.0 Å². The van der Waals surface area contributed by atoms with Gasteiger partial charge in [-0.15, -0.1) is 0 Å². The number of hydrogen-bond donors (Lipinski definition) is 2. The van der Waals surface area contributed by atoms with Gasteiger partial charge in [0.05, 0.1) is 11.1 Å². The van der Waals surface area contributed by atoms with E-state index < -0.39 is 11.9 Å². The summed E-state index contributed by atoms with van der Waals surface area (Å²) in [6.07, 6.45) is 3.95. The van der Waals surface area contributed by atoms with Gasteiger partial charge in [0.15, 0.2) is 11.5 Å². The van der Waals surface area contributed by atoms with Gasteiger partial charge in [-0.2, -0.15) is 0 Å². The Labute approximate surface area is 222 Å². The van der Waals surface area contributed by atoms with Crippen LogP contribution in [0.5, 0.6) is 17.2 Å². The summed E-state index contributed by atoms with van der Waals surface area (Å²) in [6, 6.07) is 16.4. The van der Waals surface area contributed by atoms with Crippen molar-refractivity contribution in [3.05, 3.63) is 101 Å². The molecule has 0 unspecified atom stereocenters. The number of hydrogen-bond acceptors (Lipinski definition) is 5. The van der Waals surface area contributed by atoms with Gasteiger partial charge < -0.3 is 24.4 Å². The molecule has 198 valence electrons. The zero-order chi connectivity index (χ0) is 27.7. The Morgan fingerprint density at radius 2 is 1.37 bits per heavy atom. The second-order valence-corrected chi connectivity index (χ2v) is 9.12.